The molecule has 0 aromatic carbocycles. The monoisotopic (exact) mass is 219 g/mol. The summed E-state index contributed by atoms with van der Waals surface area (Å²) < 4.78 is 51.5. The highest BCUT2D eigenvalue weighted by Crippen LogP contribution is 2.22. The van der Waals surface area contributed by atoms with Crippen molar-refractivity contribution in [2.75, 3.05) is 13.2 Å². The lowest BCUT2D eigenvalue weighted by atomic mass is 10.3. The smallest absolute Gasteiger partial charge is 0.330 e. The summed E-state index contributed by atoms with van der Waals surface area (Å²) in [6.45, 7) is -1.00. The van der Waals surface area contributed by atoms with Crippen LogP contribution in [-0.2, 0) is 4.74 Å². The van der Waals surface area contributed by atoms with E-state index in [9.17, 15) is 27.7 Å². The van der Waals surface area contributed by atoms with Crippen molar-refractivity contribution < 1.29 is 27.2 Å². The topological polar surface area (TPSA) is 52.4 Å². The average molecular weight is 219 g/mol. The van der Waals surface area contributed by atoms with Crippen LogP contribution in [0.1, 0.15) is 6.92 Å². The summed E-state index contributed by atoms with van der Waals surface area (Å²) in [6, 6.07) is -1.19. The van der Waals surface area contributed by atoms with Crippen molar-refractivity contribution >= 4 is 0 Å². The maximum atomic E-state index is 12.2. The van der Waals surface area contributed by atoms with Gasteiger partial charge in [0.15, 0.2) is 0 Å². The Morgan fingerprint density at radius 2 is 2.00 bits per heavy atom. The van der Waals surface area contributed by atoms with Crippen LogP contribution in [0, 0.1) is 10.1 Å². The van der Waals surface area contributed by atoms with Gasteiger partial charge in [-0.3, -0.25) is 10.1 Å². The van der Waals surface area contributed by atoms with Gasteiger partial charge >= 0.3 is 12.3 Å². The second-order valence-corrected chi connectivity index (χ2v) is 2.71. The predicted molar refractivity (Wildman–Crippen MR) is 38.2 cm³/mol. The molecular weight excluding hydrogens is 210 g/mol. The number of nitrogens with zero attached hydrogens (tertiary/aromatic N) is 1. The van der Waals surface area contributed by atoms with E-state index in [4.69, 9.17) is 0 Å². The fraction of sp³-hybridized carbons (Fsp3) is 1.00. The fourth-order valence-electron chi connectivity index (χ4n) is 0.489. The van der Waals surface area contributed by atoms with Crippen LogP contribution in [0.15, 0.2) is 0 Å². The maximum Gasteiger partial charge on any atom is 0.330 e. The maximum absolute atomic E-state index is 12.2. The minimum Gasteiger partial charge on any atom is -0.368 e. The van der Waals surface area contributed by atoms with Crippen LogP contribution < -0.4 is 0 Å². The zero-order chi connectivity index (χ0) is 11.4. The summed E-state index contributed by atoms with van der Waals surface area (Å²) in [5.41, 5.74) is 0. The molecule has 8 heteroatoms. The van der Waals surface area contributed by atoms with Gasteiger partial charge in [0, 0.05) is 11.8 Å². The minimum atomic E-state index is -4.25. The van der Waals surface area contributed by atoms with E-state index in [1.54, 1.807) is 0 Å². The minimum absolute atomic E-state index is 0.616. The zero-order valence-electron chi connectivity index (χ0n) is 7.25. The second-order valence-electron chi connectivity index (χ2n) is 2.71. The quantitative estimate of drug-likeness (QED) is 0.387. The van der Waals surface area contributed by atoms with E-state index in [1.807, 2.05) is 0 Å². The van der Waals surface area contributed by atoms with E-state index in [0.29, 0.717) is 0 Å². The van der Waals surface area contributed by atoms with Crippen LogP contribution in [0.3, 0.4) is 0 Å². The van der Waals surface area contributed by atoms with Crippen molar-refractivity contribution in [3.63, 3.8) is 0 Å². The molecule has 0 amide bonds. The lowest BCUT2D eigenvalue weighted by Crippen LogP contribution is -2.34. The predicted octanol–water partition coefficient (Wildman–Crippen LogP) is 1.57. The van der Waals surface area contributed by atoms with Gasteiger partial charge < -0.3 is 4.74 Å². The molecule has 4 nitrogen and oxygen atoms in total. The fourth-order valence-corrected chi connectivity index (χ4v) is 0.489. The number of alkyl halides is 4. The van der Waals surface area contributed by atoms with Crippen molar-refractivity contribution in [1.82, 2.24) is 0 Å². The molecule has 0 radical (unpaired) electrons. The van der Waals surface area contributed by atoms with Gasteiger partial charge in [-0.2, -0.15) is 8.78 Å². The van der Waals surface area contributed by atoms with Gasteiger partial charge in [-0.1, -0.05) is 0 Å². The third kappa shape index (κ3) is 4.35. The highest BCUT2D eigenvalue weighted by atomic mass is 19.3. The van der Waals surface area contributed by atoms with E-state index in [2.05, 4.69) is 4.74 Å². The molecular formula is C6H9F4NO3. The molecule has 0 N–H and O–H groups in total. The van der Waals surface area contributed by atoms with Crippen molar-refractivity contribution in [1.29, 1.82) is 0 Å². The highest BCUT2D eigenvalue weighted by Gasteiger charge is 2.41. The van der Waals surface area contributed by atoms with Gasteiger partial charge in [0.2, 0.25) is 6.04 Å². The molecule has 14 heavy (non-hydrogen) atoms. The molecule has 0 saturated carbocycles. The van der Waals surface area contributed by atoms with Gasteiger partial charge in [0.05, 0.1) is 0 Å². The van der Waals surface area contributed by atoms with Gasteiger partial charge in [-0.05, 0) is 0 Å². The molecule has 84 valence electrons. The van der Waals surface area contributed by atoms with Crippen molar-refractivity contribution in [2.24, 2.45) is 0 Å². The lowest BCUT2D eigenvalue weighted by molar-refractivity contribution is -0.522. The summed E-state index contributed by atoms with van der Waals surface area (Å²) in [4.78, 5) is 9.23. The normalized spacial score (nSPS) is 14.4. The molecule has 0 bridgehead atoms. The largest absolute Gasteiger partial charge is 0.368 e. The Morgan fingerprint density at radius 3 is 2.36 bits per heavy atom. The average Bonchev–Trinajstić information content (AvgIpc) is 2.03. The summed E-state index contributed by atoms with van der Waals surface area (Å²) >= 11 is 0. The third-order valence-corrected chi connectivity index (χ3v) is 1.33. The first kappa shape index (κ1) is 13.1. The molecule has 1 unspecified atom stereocenters. The number of hydrogen-bond donors (Lipinski definition) is 0. The molecule has 0 rings (SSSR count). The Morgan fingerprint density at radius 1 is 1.50 bits per heavy atom. The molecule has 0 aromatic rings. The van der Waals surface area contributed by atoms with Crippen LogP contribution in [-0.4, -0.2) is 36.5 Å². The van der Waals surface area contributed by atoms with Gasteiger partial charge in [-0.15, -0.1) is 0 Å². The molecule has 0 spiro atoms. The highest BCUT2D eigenvalue weighted by molar-refractivity contribution is 4.67. The Bertz CT molecular complexity index is 200. The van der Waals surface area contributed by atoms with Crippen molar-refractivity contribution in [3.8, 4) is 0 Å². The summed E-state index contributed by atoms with van der Waals surface area (Å²) in [6.07, 6.45) is -3.83. The van der Waals surface area contributed by atoms with E-state index in [0.717, 1.165) is 6.92 Å². The molecule has 0 heterocycles. The molecule has 0 aliphatic rings. The molecule has 0 fully saturated rings. The SMILES string of the molecule is CC(COCC(F)(F)C(F)F)[N+](=O)[O-]. The number of nitro groups is 1. The Hall–Kier alpha value is -0.920. The van der Waals surface area contributed by atoms with Gasteiger partial charge in [-0.25, -0.2) is 8.78 Å². The standard InChI is InChI=1S/C6H9F4NO3/c1-4(11(12)13)2-14-3-6(9,10)5(7)8/h4-5H,2-3H2,1H3. The number of rotatable bonds is 6. The van der Waals surface area contributed by atoms with E-state index >= 15 is 0 Å². The molecule has 0 saturated heterocycles. The number of ether oxygens (including phenoxy) is 1. The zero-order valence-corrected chi connectivity index (χ0v) is 7.25. The van der Waals surface area contributed by atoms with Crippen LogP contribution in [0.25, 0.3) is 0 Å². The summed E-state index contributed by atoms with van der Waals surface area (Å²) in [5.74, 6) is -4.25. The van der Waals surface area contributed by atoms with E-state index in [1.165, 1.54) is 0 Å². The van der Waals surface area contributed by atoms with E-state index in [-0.39, 0.29) is 0 Å². The molecule has 0 aliphatic heterocycles. The first-order valence-corrected chi connectivity index (χ1v) is 3.64. The molecule has 0 aromatic heterocycles. The van der Waals surface area contributed by atoms with E-state index < -0.39 is 36.5 Å². The van der Waals surface area contributed by atoms with Crippen molar-refractivity contribution in [2.45, 2.75) is 25.3 Å². The van der Waals surface area contributed by atoms with Crippen LogP contribution in [0.2, 0.25) is 0 Å². The first-order valence-electron chi connectivity index (χ1n) is 3.64. The Labute approximate surface area is 77.0 Å². The van der Waals surface area contributed by atoms with Crippen LogP contribution in [0.4, 0.5) is 17.6 Å². The van der Waals surface area contributed by atoms with Crippen LogP contribution >= 0.6 is 0 Å². The Kier molecular flexibility index (Phi) is 4.75. The number of hydrogen-bond acceptors (Lipinski definition) is 3. The molecule has 0 aliphatic carbocycles. The summed E-state index contributed by atoms with van der Waals surface area (Å²) in [5, 5.41) is 9.98. The Balaban J connectivity index is 3.79. The van der Waals surface area contributed by atoms with Gasteiger partial charge in [0.25, 0.3) is 0 Å². The van der Waals surface area contributed by atoms with Gasteiger partial charge in [0.1, 0.15) is 13.2 Å². The third-order valence-electron chi connectivity index (χ3n) is 1.33. The lowest BCUT2D eigenvalue weighted by Gasteiger charge is -2.15. The van der Waals surface area contributed by atoms with Crippen molar-refractivity contribution in [3.05, 3.63) is 10.1 Å². The number of halogens is 4. The van der Waals surface area contributed by atoms with Crippen LogP contribution in [0.5, 0.6) is 0 Å². The second kappa shape index (κ2) is 5.08. The summed E-state index contributed by atoms with van der Waals surface area (Å²) in [7, 11) is 0. The molecule has 1 atom stereocenters. The first-order chi connectivity index (χ1) is 6.27.